The number of ether oxygens (including phenoxy) is 2. The van der Waals surface area contributed by atoms with Gasteiger partial charge < -0.3 is 9.47 Å². The van der Waals surface area contributed by atoms with Crippen LogP contribution in [0.5, 0.6) is 17.2 Å². The van der Waals surface area contributed by atoms with E-state index in [1.807, 2.05) is 67.6 Å². The molecule has 8 heteroatoms. The van der Waals surface area contributed by atoms with Crippen LogP contribution in [0.4, 0.5) is 5.69 Å². The van der Waals surface area contributed by atoms with Crippen molar-refractivity contribution in [1.29, 1.82) is 0 Å². The van der Waals surface area contributed by atoms with E-state index < -0.39 is 0 Å². The van der Waals surface area contributed by atoms with Crippen molar-refractivity contribution in [3.05, 3.63) is 143 Å². The second kappa shape index (κ2) is 13.1. The summed E-state index contributed by atoms with van der Waals surface area (Å²) < 4.78 is 10.8. The van der Waals surface area contributed by atoms with Crippen molar-refractivity contribution in [2.45, 2.75) is 21.3 Å². The third-order valence-corrected chi connectivity index (χ3v) is 7.90. The normalized spacial score (nSPS) is 13.0. The minimum absolute atomic E-state index is 0. The lowest BCUT2D eigenvalue weighted by atomic mass is 9.97. The summed E-state index contributed by atoms with van der Waals surface area (Å²) in [5, 5.41) is 0. The summed E-state index contributed by atoms with van der Waals surface area (Å²) >= 11 is 0. The summed E-state index contributed by atoms with van der Waals surface area (Å²) in [5.41, 5.74) is 5.53. The molecule has 2 heterocycles. The van der Waals surface area contributed by atoms with Crippen LogP contribution in [0.15, 0.2) is 109 Å². The van der Waals surface area contributed by atoms with Crippen molar-refractivity contribution in [2.24, 2.45) is 0 Å². The van der Waals surface area contributed by atoms with Gasteiger partial charge in [0.05, 0.1) is 35.1 Å². The van der Waals surface area contributed by atoms with Gasteiger partial charge in [0.1, 0.15) is 17.2 Å². The lowest BCUT2D eigenvalue weighted by molar-refractivity contribution is 0.0692. The van der Waals surface area contributed by atoms with Gasteiger partial charge in [0.25, 0.3) is 23.6 Å². The molecule has 5 aromatic carbocycles. The maximum absolute atomic E-state index is 13.0. The van der Waals surface area contributed by atoms with Crippen molar-refractivity contribution >= 4 is 29.3 Å². The topological polar surface area (TPSA) is 93.2 Å². The smallest absolute Gasteiger partial charge is 0.266 e. The number of carbonyl (C=O) groups is 4. The standard InChI is InChI=1S/C24H16N2O4.C14H14O2.CH4/c1-13-3-7-16(8-4-13)26-23(29)18-10-6-15(12-20(18)24(26)30)14-5-9-17-19(11-14)22(28)25(2)21(17)27;1-11-6-8-12(9-7-11)16-14-5-3-4-13(10-14)15-2;/h3-12H,1-2H3;3-10H,1-2H3;1H4. The van der Waals surface area contributed by atoms with Gasteiger partial charge in [-0.1, -0.05) is 61.0 Å². The molecule has 0 bridgehead atoms. The number of aryl methyl sites for hydroxylation is 2. The molecule has 0 N–H and O–H groups in total. The molecular weight excluding hydrogens is 592 g/mol. The Labute approximate surface area is 273 Å². The molecule has 7 rings (SSSR count). The highest BCUT2D eigenvalue weighted by atomic mass is 16.5. The van der Waals surface area contributed by atoms with Crippen LogP contribution in [0.2, 0.25) is 0 Å². The number of hydrogen-bond acceptors (Lipinski definition) is 6. The Kier molecular flexibility index (Phi) is 9.05. The molecule has 0 atom stereocenters. The Balaban J connectivity index is 0.000000217. The molecule has 5 aromatic rings. The summed E-state index contributed by atoms with van der Waals surface area (Å²) in [4.78, 5) is 52.5. The van der Waals surface area contributed by atoms with Crippen LogP contribution in [0, 0.1) is 13.8 Å². The number of carbonyl (C=O) groups excluding carboxylic acids is 4. The highest BCUT2D eigenvalue weighted by molar-refractivity contribution is 6.34. The van der Waals surface area contributed by atoms with Crippen LogP contribution in [-0.4, -0.2) is 42.7 Å². The quantitative estimate of drug-likeness (QED) is 0.183. The van der Waals surface area contributed by atoms with Gasteiger partial charge in [-0.2, -0.15) is 0 Å². The minimum Gasteiger partial charge on any atom is -0.497 e. The van der Waals surface area contributed by atoms with Crippen LogP contribution >= 0.6 is 0 Å². The molecule has 8 nitrogen and oxygen atoms in total. The van der Waals surface area contributed by atoms with Gasteiger partial charge in [-0.3, -0.25) is 24.1 Å². The van der Waals surface area contributed by atoms with Crippen LogP contribution in [0.1, 0.15) is 60.0 Å². The number of anilines is 1. The van der Waals surface area contributed by atoms with Gasteiger partial charge in [-0.15, -0.1) is 0 Å². The van der Waals surface area contributed by atoms with Gasteiger partial charge in [0.15, 0.2) is 0 Å². The lowest BCUT2D eigenvalue weighted by Crippen LogP contribution is -2.29. The first-order valence-electron chi connectivity index (χ1n) is 14.6. The molecule has 4 amide bonds. The molecule has 0 saturated heterocycles. The van der Waals surface area contributed by atoms with E-state index in [9.17, 15) is 19.2 Å². The number of amides is 4. The molecular formula is C39H34N2O6. The van der Waals surface area contributed by atoms with Gasteiger partial charge in [0, 0.05) is 13.1 Å². The van der Waals surface area contributed by atoms with Crippen LogP contribution in [0.3, 0.4) is 0 Å². The fraction of sp³-hybridized carbons (Fsp3) is 0.128. The van der Waals surface area contributed by atoms with E-state index in [0.717, 1.165) is 27.7 Å². The second-order valence-electron chi connectivity index (χ2n) is 11.1. The van der Waals surface area contributed by atoms with Crippen molar-refractivity contribution in [2.75, 3.05) is 19.1 Å². The first-order valence-corrected chi connectivity index (χ1v) is 14.6. The van der Waals surface area contributed by atoms with Gasteiger partial charge >= 0.3 is 0 Å². The molecule has 0 saturated carbocycles. The number of rotatable bonds is 5. The van der Waals surface area contributed by atoms with Crippen LogP contribution in [0.25, 0.3) is 11.1 Å². The van der Waals surface area contributed by atoms with E-state index in [4.69, 9.17) is 9.47 Å². The largest absolute Gasteiger partial charge is 0.497 e. The predicted molar refractivity (Wildman–Crippen MR) is 182 cm³/mol. The van der Waals surface area contributed by atoms with Crippen LogP contribution < -0.4 is 14.4 Å². The number of fused-ring (bicyclic) bond motifs is 2. The Morgan fingerprint density at radius 1 is 0.511 bits per heavy atom. The maximum atomic E-state index is 13.0. The highest BCUT2D eigenvalue weighted by Crippen LogP contribution is 2.34. The summed E-state index contributed by atoms with van der Waals surface area (Å²) in [5.74, 6) is 0.987. The minimum atomic E-state index is -0.382. The average molecular weight is 627 g/mol. The maximum Gasteiger partial charge on any atom is 0.266 e. The number of imide groups is 2. The zero-order valence-corrected chi connectivity index (χ0v) is 25.7. The first kappa shape index (κ1) is 32.4. The summed E-state index contributed by atoms with van der Waals surface area (Å²) in [6, 6.07) is 32.8. The SMILES string of the molecule is C.COc1cccc(Oc2ccc(C)cc2)c1.Cc1ccc(N2C(=O)c3ccc(-c4ccc5c(c4)C(=O)N(C)C5=O)cc3C2=O)cc1. The number of methoxy groups -OCH3 is 1. The fourth-order valence-electron chi connectivity index (χ4n) is 5.30. The Morgan fingerprint density at radius 2 is 1.00 bits per heavy atom. The van der Waals surface area contributed by atoms with E-state index in [0.29, 0.717) is 39.1 Å². The monoisotopic (exact) mass is 626 g/mol. The third kappa shape index (κ3) is 6.26. The van der Waals surface area contributed by atoms with Gasteiger partial charge in [0.2, 0.25) is 0 Å². The first-order chi connectivity index (χ1) is 22.1. The molecule has 2 aliphatic heterocycles. The molecule has 0 spiro atoms. The zero-order chi connectivity index (χ0) is 32.5. The number of benzene rings is 5. The molecule has 0 aromatic heterocycles. The second-order valence-corrected chi connectivity index (χ2v) is 11.1. The summed E-state index contributed by atoms with van der Waals surface area (Å²) in [7, 11) is 3.09. The van der Waals surface area contributed by atoms with E-state index in [1.165, 1.54) is 17.5 Å². The highest BCUT2D eigenvalue weighted by Gasteiger charge is 2.37. The molecule has 0 fully saturated rings. The fourth-order valence-corrected chi connectivity index (χ4v) is 5.30. The Hall–Kier alpha value is -6.02. The van der Waals surface area contributed by atoms with Gasteiger partial charge in [-0.25, -0.2) is 4.90 Å². The molecule has 2 aliphatic rings. The van der Waals surface area contributed by atoms with E-state index in [1.54, 1.807) is 55.6 Å². The van der Waals surface area contributed by atoms with Crippen molar-refractivity contribution in [1.82, 2.24) is 4.90 Å². The van der Waals surface area contributed by atoms with E-state index in [-0.39, 0.29) is 31.1 Å². The molecule has 0 radical (unpaired) electrons. The molecule has 0 unspecified atom stereocenters. The Morgan fingerprint density at radius 3 is 1.60 bits per heavy atom. The van der Waals surface area contributed by atoms with Crippen LogP contribution in [-0.2, 0) is 0 Å². The Bertz CT molecular complexity index is 2020. The van der Waals surface area contributed by atoms with Crippen molar-refractivity contribution < 1.29 is 28.7 Å². The van der Waals surface area contributed by atoms with E-state index >= 15 is 0 Å². The number of hydrogen-bond donors (Lipinski definition) is 0. The van der Waals surface area contributed by atoms with Crippen molar-refractivity contribution in [3.8, 4) is 28.4 Å². The predicted octanol–water partition coefficient (Wildman–Crippen LogP) is 8.12. The van der Waals surface area contributed by atoms with E-state index in [2.05, 4.69) is 6.92 Å². The summed E-state index contributed by atoms with van der Waals surface area (Å²) in [6.07, 6.45) is 0. The lowest BCUT2D eigenvalue weighted by Gasteiger charge is -2.13. The average Bonchev–Trinajstić information content (AvgIpc) is 3.45. The van der Waals surface area contributed by atoms with Gasteiger partial charge in [-0.05, 0) is 85.6 Å². The molecule has 0 aliphatic carbocycles. The third-order valence-electron chi connectivity index (χ3n) is 7.90. The summed E-state index contributed by atoms with van der Waals surface area (Å²) in [6.45, 7) is 3.99. The van der Waals surface area contributed by atoms with Crippen molar-refractivity contribution in [3.63, 3.8) is 0 Å². The number of nitrogens with zero attached hydrogens (tertiary/aromatic N) is 2. The molecule has 47 heavy (non-hydrogen) atoms. The zero-order valence-electron chi connectivity index (χ0n) is 25.7. The molecule has 236 valence electrons.